The van der Waals surface area contributed by atoms with Crippen molar-refractivity contribution in [3.05, 3.63) is 11.6 Å². The summed E-state index contributed by atoms with van der Waals surface area (Å²) in [5, 5.41) is 0. The summed E-state index contributed by atoms with van der Waals surface area (Å²) in [6, 6.07) is 0. The fourth-order valence-corrected chi connectivity index (χ4v) is 6.55. The summed E-state index contributed by atoms with van der Waals surface area (Å²) in [4.78, 5) is 11.8. The van der Waals surface area contributed by atoms with E-state index in [9.17, 15) is 9.18 Å². The molecule has 0 N–H and O–H groups in total. The van der Waals surface area contributed by atoms with Crippen molar-refractivity contribution in [3.8, 4) is 0 Å². The summed E-state index contributed by atoms with van der Waals surface area (Å²) in [7, 11) is 0. The number of carbonyl (C=O) groups is 1. The van der Waals surface area contributed by atoms with E-state index < -0.39 is 6.17 Å². The normalized spacial score (nSPS) is 52.7. The summed E-state index contributed by atoms with van der Waals surface area (Å²) in [5.41, 5.74) is 1.28. The average Bonchev–Trinajstić information content (AvgIpc) is 2.83. The van der Waals surface area contributed by atoms with E-state index >= 15 is 0 Å². The van der Waals surface area contributed by atoms with E-state index in [0.29, 0.717) is 30.1 Å². The smallest absolute Gasteiger partial charge is 0.155 e. The molecule has 0 aromatic carbocycles. The van der Waals surface area contributed by atoms with Crippen molar-refractivity contribution in [1.82, 2.24) is 0 Å². The first-order chi connectivity index (χ1) is 9.94. The first kappa shape index (κ1) is 14.0. The summed E-state index contributed by atoms with van der Waals surface area (Å²) in [6.45, 7) is 4.71. The third kappa shape index (κ3) is 1.83. The molecule has 116 valence electrons. The maximum Gasteiger partial charge on any atom is 0.155 e. The van der Waals surface area contributed by atoms with Crippen LogP contribution in [0.25, 0.3) is 0 Å². The topological polar surface area (TPSA) is 17.1 Å². The van der Waals surface area contributed by atoms with Gasteiger partial charge in [-0.3, -0.25) is 4.79 Å². The largest absolute Gasteiger partial charge is 0.295 e. The molecule has 0 spiro atoms. The molecule has 0 amide bonds. The van der Waals surface area contributed by atoms with E-state index in [1.54, 1.807) is 6.08 Å². The zero-order valence-electron chi connectivity index (χ0n) is 13.3. The van der Waals surface area contributed by atoms with Gasteiger partial charge in [0.25, 0.3) is 0 Å². The molecule has 2 heteroatoms. The van der Waals surface area contributed by atoms with E-state index in [0.717, 1.165) is 17.9 Å². The Labute approximate surface area is 127 Å². The number of ketones is 1. The van der Waals surface area contributed by atoms with Gasteiger partial charge in [0.15, 0.2) is 5.78 Å². The lowest BCUT2D eigenvalue weighted by molar-refractivity contribution is -0.118. The summed E-state index contributed by atoms with van der Waals surface area (Å²) in [5.74, 6) is 2.03. The van der Waals surface area contributed by atoms with Crippen molar-refractivity contribution in [1.29, 1.82) is 0 Å². The van der Waals surface area contributed by atoms with Gasteiger partial charge in [0.1, 0.15) is 6.17 Å². The predicted octanol–water partition coefficient (Wildman–Crippen LogP) is 4.86. The second-order valence-electron chi connectivity index (χ2n) is 8.65. The van der Waals surface area contributed by atoms with Crippen molar-refractivity contribution in [2.24, 2.45) is 28.6 Å². The number of carbonyl (C=O) groups excluding carboxylic acids is 1. The van der Waals surface area contributed by atoms with E-state index in [2.05, 4.69) is 13.8 Å². The van der Waals surface area contributed by atoms with Crippen LogP contribution in [0.1, 0.15) is 65.2 Å². The van der Waals surface area contributed by atoms with Crippen molar-refractivity contribution in [3.63, 3.8) is 0 Å². The number of fused-ring (bicyclic) bond motifs is 5. The lowest BCUT2D eigenvalue weighted by atomic mass is 9.47. The molecular weight excluding hydrogens is 263 g/mol. The molecule has 4 aliphatic rings. The van der Waals surface area contributed by atoms with Crippen LogP contribution >= 0.6 is 0 Å². The second kappa shape index (κ2) is 4.43. The summed E-state index contributed by atoms with van der Waals surface area (Å²) in [6.07, 6.45) is 9.52. The molecular formula is C19H27FO. The fourth-order valence-electron chi connectivity index (χ4n) is 6.55. The lowest BCUT2D eigenvalue weighted by Gasteiger charge is -2.58. The van der Waals surface area contributed by atoms with Crippen LogP contribution in [0.3, 0.4) is 0 Å². The van der Waals surface area contributed by atoms with Crippen molar-refractivity contribution in [2.75, 3.05) is 0 Å². The summed E-state index contributed by atoms with van der Waals surface area (Å²) >= 11 is 0. The molecule has 6 atom stereocenters. The van der Waals surface area contributed by atoms with Crippen molar-refractivity contribution < 1.29 is 9.18 Å². The van der Waals surface area contributed by atoms with Crippen molar-refractivity contribution in [2.45, 2.75) is 71.4 Å². The van der Waals surface area contributed by atoms with Gasteiger partial charge in [-0.25, -0.2) is 4.39 Å². The summed E-state index contributed by atoms with van der Waals surface area (Å²) < 4.78 is 14.9. The van der Waals surface area contributed by atoms with Crippen LogP contribution in [0, 0.1) is 28.6 Å². The van der Waals surface area contributed by atoms with Gasteiger partial charge < -0.3 is 0 Å². The van der Waals surface area contributed by atoms with Gasteiger partial charge in [-0.1, -0.05) is 20.3 Å². The van der Waals surface area contributed by atoms with Gasteiger partial charge in [0.05, 0.1) is 0 Å². The standard InChI is InChI=1S/C19H27FO/c1-18-7-3-4-14(18)13-11-17(20)16-10-12(21)5-9-19(16,2)15(13)6-8-18/h10,13-15,17H,3-9,11H2,1-2H3/t13-,14-,15-,17?,18-,19+/m0/s1. The maximum atomic E-state index is 14.9. The first-order valence-electron chi connectivity index (χ1n) is 8.83. The molecule has 0 aliphatic heterocycles. The van der Waals surface area contributed by atoms with Crippen LogP contribution in [0.2, 0.25) is 0 Å². The van der Waals surface area contributed by atoms with Crippen LogP contribution in [-0.4, -0.2) is 12.0 Å². The van der Waals surface area contributed by atoms with Gasteiger partial charge in [0, 0.05) is 6.42 Å². The molecule has 0 bridgehead atoms. The molecule has 0 aromatic heterocycles. The molecule has 0 saturated heterocycles. The fraction of sp³-hybridized carbons (Fsp3) is 0.842. The molecule has 3 fully saturated rings. The Morgan fingerprint density at radius 1 is 1.14 bits per heavy atom. The Morgan fingerprint density at radius 2 is 1.95 bits per heavy atom. The minimum Gasteiger partial charge on any atom is -0.295 e. The highest BCUT2D eigenvalue weighted by atomic mass is 19.1. The molecule has 1 unspecified atom stereocenters. The number of allylic oxidation sites excluding steroid dienone is 1. The number of rotatable bonds is 0. The third-order valence-corrected chi connectivity index (χ3v) is 7.72. The highest BCUT2D eigenvalue weighted by molar-refractivity contribution is 5.91. The van der Waals surface area contributed by atoms with Gasteiger partial charge in [-0.05, 0) is 78.8 Å². The maximum absolute atomic E-state index is 14.9. The van der Waals surface area contributed by atoms with E-state index in [1.807, 2.05) is 0 Å². The highest BCUT2D eigenvalue weighted by Crippen LogP contribution is 2.65. The average molecular weight is 290 g/mol. The number of halogens is 1. The molecule has 0 radical (unpaired) electrons. The minimum absolute atomic E-state index is 0.0415. The van der Waals surface area contributed by atoms with E-state index in [1.165, 1.54) is 32.1 Å². The molecule has 4 aliphatic carbocycles. The zero-order valence-corrected chi connectivity index (χ0v) is 13.3. The predicted molar refractivity (Wildman–Crippen MR) is 81.6 cm³/mol. The monoisotopic (exact) mass is 290 g/mol. The third-order valence-electron chi connectivity index (χ3n) is 7.72. The van der Waals surface area contributed by atoms with Crippen LogP contribution in [0.15, 0.2) is 11.6 Å². The van der Waals surface area contributed by atoms with Gasteiger partial charge in [-0.2, -0.15) is 0 Å². The van der Waals surface area contributed by atoms with E-state index in [4.69, 9.17) is 0 Å². The molecule has 21 heavy (non-hydrogen) atoms. The van der Waals surface area contributed by atoms with Gasteiger partial charge in [0.2, 0.25) is 0 Å². The Hall–Kier alpha value is -0.660. The van der Waals surface area contributed by atoms with Crippen LogP contribution in [0.5, 0.6) is 0 Å². The Bertz CT molecular complexity index is 510. The second-order valence-corrected chi connectivity index (χ2v) is 8.65. The highest BCUT2D eigenvalue weighted by Gasteiger charge is 2.58. The van der Waals surface area contributed by atoms with Gasteiger partial charge in [-0.15, -0.1) is 0 Å². The van der Waals surface area contributed by atoms with Crippen LogP contribution < -0.4 is 0 Å². The number of hydrogen-bond donors (Lipinski definition) is 0. The molecule has 3 saturated carbocycles. The quantitative estimate of drug-likeness (QED) is 0.623. The zero-order chi connectivity index (χ0) is 14.8. The van der Waals surface area contributed by atoms with Crippen molar-refractivity contribution >= 4 is 5.78 Å². The molecule has 1 nitrogen and oxygen atoms in total. The van der Waals surface area contributed by atoms with Crippen LogP contribution in [-0.2, 0) is 4.79 Å². The van der Waals surface area contributed by atoms with Crippen LogP contribution in [0.4, 0.5) is 4.39 Å². The molecule has 0 aromatic rings. The Kier molecular flexibility index (Phi) is 2.94. The number of alkyl halides is 1. The van der Waals surface area contributed by atoms with E-state index in [-0.39, 0.29) is 11.2 Å². The van der Waals surface area contributed by atoms with Gasteiger partial charge >= 0.3 is 0 Å². The molecule has 0 heterocycles. The Morgan fingerprint density at radius 3 is 2.76 bits per heavy atom. The minimum atomic E-state index is -0.872. The number of hydrogen-bond acceptors (Lipinski definition) is 1. The SMILES string of the molecule is C[C@@]12CCC[C@H]1[C@@H]1CC(F)C3=CC(=O)CC[C@]3(C)[C@H]1CC2. The lowest BCUT2D eigenvalue weighted by Crippen LogP contribution is -2.52. The molecule has 4 rings (SSSR count). The first-order valence-corrected chi connectivity index (χ1v) is 8.83. The Balaban J connectivity index is 1.73.